The largest absolute Gasteiger partial charge is 0.416 e. The molecule has 0 radical (unpaired) electrons. The lowest BCUT2D eigenvalue weighted by Crippen LogP contribution is -2.59. The molecule has 1 saturated heterocycles. The van der Waals surface area contributed by atoms with Gasteiger partial charge in [0.25, 0.3) is 0 Å². The third-order valence-electron chi connectivity index (χ3n) is 5.17. The van der Waals surface area contributed by atoms with Gasteiger partial charge in [-0.25, -0.2) is 9.48 Å². The molecule has 30 heavy (non-hydrogen) atoms. The molecule has 0 spiro atoms. The van der Waals surface area contributed by atoms with Crippen LogP contribution in [-0.2, 0) is 4.79 Å². The molecule has 2 heterocycles. The lowest BCUT2D eigenvalue weighted by molar-refractivity contribution is -0.136. The number of rotatable bonds is 4. The van der Waals surface area contributed by atoms with E-state index in [1.54, 1.807) is 20.5 Å². The van der Waals surface area contributed by atoms with Crippen molar-refractivity contribution in [3.63, 3.8) is 0 Å². The third kappa shape index (κ3) is 5.12. The third-order valence-corrected chi connectivity index (χ3v) is 5.17. The fourth-order valence-corrected chi connectivity index (χ4v) is 3.38. The second-order valence-electron chi connectivity index (χ2n) is 7.84. The van der Waals surface area contributed by atoms with Gasteiger partial charge >= 0.3 is 6.09 Å². The molecule has 8 nitrogen and oxygen atoms in total. The molecule has 1 aromatic heterocycles. The zero-order chi connectivity index (χ0) is 21.1. The molecule has 0 bridgehead atoms. The number of para-hydroxylation sites is 1. The van der Waals surface area contributed by atoms with Crippen molar-refractivity contribution in [1.29, 1.82) is 0 Å². The van der Waals surface area contributed by atoms with E-state index in [1.165, 1.54) is 0 Å². The minimum Gasteiger partial charge on any atom is -0.391 e. The Morgan fingerprint density at radius 3 is 2.47 bits per heavy atom. The van der Waals surface area contributed by atoms with Crippen LogP contribution in [-0.4, -0.2) is 63.3 Å². The summed E-state index contributed by atoms with van der Waals surface area (Å²) in [6.45, 7) is 8.88. The van der Waals surface area contributed by atoms with E-state index in [1.807, 2.05) is 58.0 Å². The number of ether oxygens (including phenoxy) is 1. The van der Waals surface area contributed by atoms with E-state index in [-0.39, 0.29) is 30.3 Å². The number of nitrogens with zero attached hydrogens (tertiary/aromatic N) is 4. The standard InChI is InChI=1S/C21H29N5O3.ClH/c1-14(2)19(22)20(27)24-10-11-25(16(4)13-24)21(28)29-18-12-15(3)23-26(18)17-8-6-5-7-9-17;/h5-9,12,14,16,19H,10-11,13,22H2,1-4H3;1H. The molecule has 0 saturated carbocycles. The summed E-state index contributed by atoms with van der Waals surface area (Å²) in [4.78, 5) is 28.7. The number of aryl methyl sites for hydroxylation is 1. The molecule has 1 aromatic carbocycles. The number of piperazine rings is 1. The van der Waals surface area contributed by atoms with Crippen LogP contribution >= 0.6 is 12.4 Å². The second-order valence-corrected chi connectivity index (χ2v) is 7.84. The summed E-state index contributed by atoms with van der Waals surface area (Å²) >= 11 is 0. The molecule has 3 rings (SSSR count). The summed E-state index contributed by atoms with van der Waals surface area (Å²) in [5, 5.41) is 4.42. The summed E-state index contributed by atoms with van der Waals surface area (Å²) < 4.78 is 7.28. The van der Waals surface area contributed by atoms with Gasteiger partial charge < -0.3 is 20.3 Å². The zero-order valence-electron chi connectivity index (χ0n) is 17.8. The molecule has 2 aromatic rings. The predicted octanol–water partition coefficient (Wildman–Crippen LogP) is 2.62. The summed E-state index contributed by atoms with van der Waals surface area (Å²) in [5.41, 5.74) is 7.57. The Hall–Kier alpha value is -2.58. The van der Waals surface area contributed by atoms with Crippen molar-refractivity contribution in [2.75, 3.05) is 19.6 Å². The summed E-state index contributed by atoms with van der Waals surface area (Å²) in [7, 11) is 0. The normalized spacial score (nSPS) is 17.5. The molecule has 2 unspecified atom stereocenters. The number of amides is 2. The molecular weight excluding hydrogens is 406 g/mol. The van der Waals surface area contributed by atoms with E-state index in [2.05, 4.69) is 5.10 Å². The maximum absolute atomic E-state index is 12.8. The van der Waals surface area contributed by atoms with Crippen LogP contribution in [0.2, 0.25) is 0 Å². The number of halogens is 1. The van der Waals surface area contributed by atoms with Gasteiger partial charge in [-0.15, -0.1) is 12.4 Å². The van der Waals surface area contributed by atoms with Crippen molar-refractivity contribution in [1.82, 2.24) is 19.6 Å². The highest BCUT2D eigenvalue weighted by Crippen LogP contribution is 2.21. The maximum Gasteiger partial charge on any atom is 0.416 e. The van der Waals surface area contributed by atoms with Crippen molar-refractivity contribution in [2.45, 2.75) is 39.8 Å². The molecule has 0 aliphatic carbocycles. The highest BCUT2D eigenvalue weighted by atomic mass is 35.5. The number of hydrogen-bond acceptors (Lipinski definition) is 5. The van der Waals surface area contributed by atoms with Gasteiger partial charge in [-0.05, 0) is 31.9 Å². The highest BCUT2D eigenvalue weighted by molar-refractivity contribution is 5.85. The minimum atomic E-state index is -0.524. The van der Waals surface area contributed by atoms with Crippen LogP contribution in [0.5, 0.6) is 5.88 Å². The molecule has 9 heteroatoms. The van der Waals surface area contributed by atoms with E-state index >= 15 is 0 Å². The van der Waals surface area contributed by atoms with E-state index in [9.17, 15) is 9.59 Å². The van der Waals surface area contributed by atoms with Gasteiger partial charge in [-0.1, -0.05) is 32.0 Å². The zero-order valence-corrected chi connectivity index (χ0v) is 18.6. The first kappa shape index (κ1) is 23.7. The van der Waals surface area contributed by atoms with Crippen molar-refractivity contribution >= 4 is 24.4 Å². The van der Waals surface area contributed by atoms with Crippen LogP contribution in [0.4, 0.5) is 4.79 Å². The number of carbonyl (C=O) groups excluding carboxylic acids is 2. The smallest absolute Gasteiger partial charge is 0.391 e. The summed E-state index contributed by atoms with van der Waals surface area (Å²) in [6, 6.07) is 10.5. The number of nitrogens with two attached hydrogens (primary N) is 1. The fourth-order valence-electron chi connectivity index (χ4n) is 3.38. The number of benzene rings is 1. The van der Waals surface area contributed by atoms with Gasteiger partial charge in [0.05, 0.1) is 17.4 Å². The first-order valence-corrected chi connectivity index (χ1v) is 9.93. The topological polar surface area (TPSA) is 93.7 Å². The van der Waals surface area contributed by atoms with E-state index < -0.39 is 12.1 Å². The molecule has 2 atom stereocenters. The predicted molar refractivity (Wildman–Crippen MR) is 117 cm³/mol. The number of hydrogen-bond donors (Lipinski definition) is 1. The van der Waals surface area contributed by atoms with E-state index in [0.717, 1.165) is 11.4 Å². The lowest BCUT2D eigenvalue weighted by atomic mass is 10.0. The number of carbonyl (C=O) groups is 2. The van der Waals surface area contributed by atoms with Gasteiger partial charge in [-0.2, -0.15) is 5.10 Å². The summed E-state index contributed by atoms with van der Waals surface area (Å²) in [5.74, 6) is 0.367. The SMILES string of the molecule is Cc1cc(OC(=O)N2CCN(C(=O)C(N)C(C)C)CC2C)n(-c2ccccc2)n1.Cl. The monoisotopic (exact) mass is 435 g/mol. The minimum absolute atomic E-state index is 0. The van der Waals surface area contributed by atoms with Gasteiger partial charge in [0.1, 0.15) is 0 Å². The first-order valence-electron chi connectivity index (χ1n) is 9.93. The van der Waals surface area contributed by atoms with Crippen molar-refractivity contribution in [2.24, 2.45) is 11.7 Å². The summed E-state index contributed by atoms with van der Waals surface area (Å²) in [6.07, 6.45) is -0.449. The van der Waals surface area contributed by atoms with Crippen LogP contribution in [0.15, 0.2) is 36.4 Å². The Kier molecular flexibility index (Phi) is 7.86. The average Bonchev–Trinajstić information content (AvgIpc) is 3.07. The Morgan fingerprint density at radius 1 is 1.20 bits per heavy atom. The molecule has 2 amide bonds. The Bertz CT molecular complexity index is 871. The molecular formula is C21H30ClN5O3. The molecule has 2 N–H and O–H groups in total. The Balaban J connectivity index is 0.00000320. The molecule has 1 aliphatic rings. The van der Waals surface area contributed by atoms with Gasteiger partial charge in [0.15, 0.2) is 0 Å². The van der Waals surface area contributed by atoms with Crippen LogP contribution < -0.4 is 10.5 Å². The second kappa shape index (κ2) is 9.95. The average molecular weight is 436 g/mol. The molecule has 164 valence electrons. The highest BCUT2D eigenvalue weighted by Gasteiger charge is 2.33. The van der Waals surface area contributed by atoms with Crippen molar-refractivity contribution < 1.29 is 14.3 Å². The quantitative estimate of drug-likeness (QED) is 0.796. The molecule has 1 fully saturated rings. The fraction of sp³-hybridized carbons (Fsp3) is 0.476. The van der Waals surface area contributed by atoms with Crippen molar-refractivity contribution in [3.05, 3.63) is 42.1 Å². The lowest BCUT2D eigenvalue weighted by Gasteiger charge is -2.40. The van der Waals surface area contributed by atoms with Crippen molar-refractivity contribution in [3.8, 4) is 11.6 Å². The van der Waals surface area contributed by atoms with Crippen LogP contribution in [0.25, 0.3) is 5.69 Å². The number of aromatic nitrogens is 2. The Morgan fingerprint density at radius 2 is 1.87 bits per heavy atom. The van der Waals surface area contributed by atoms with Gasteiger partial charge in [-0.3, -0.25) is 4.79 Å². The van der Waals surface area contributed by atoms with E-state index in [0.29, 0.717) is 25.5 Å². The van der Waals surface area contributed by atoms with Gasteiger partial charge in [0, 0.05) is 31.7 Å². The first-order chi connectivity index (χ1) is 13.8. The van der Waals surface area contributed by atoms with E-state index in [4.69, 9.17) is 10.5 Å². The van der Waals surface area contributed by atoms with Crippen LogP contribution in [0.1, 0.15) is 26.5 Å². The van der Waals surface area contributed by atoms with Gasteiger partial charge in [0.2, 0.25) is 11.8 Å². The van der Waals surface area contributed by atoms with Crippen LogP contribution in [0.3, 0.4) is 0 Å². The Labute approximate surface area is 183 Å². The molecule has 1 aliphatic heterocycles. The maximum atomic E-state index is 12.8. The van der Waals surface area contributed by atoms with Crippen LogP contribution in [0, 0.1) is 12.8 Å².